The van der Waals surface area contributed by atoms with Crippen LogP contribution in [0.1, 0.15) is 31.4 Å². The lowest BCUT2D eigenvalue weighted by atomic mass is 10.0. The van der Waals surface area contributed by atoms with Gasteiger partial charge in [-0.1, -0.05) is 79.2 Å². The van der Waals surface area contributed by atoms with Crippen molar-refractivity contribution in [3.05, 3.63) is 125 Å². The Morgan fingerprint density at radius 1 is 0.844 bits per heavy atom. The van der Waals surface area contributed by atoms with Gasteiger partial charge < -0.3 is 15.0 Å². The van der Waals surface area contributed by atoms with Gasteiger partial charge in [0.1, 0.15) is 18.3 Å². The topological polar surface area (TPSA) is 96.0 Å². The zero-order chi connectivity index (χ0) is 32.2. The van der Waals surface area contributed by atoms with Gasteiger partial charge >= 0.3 is 0 Å². The first kappa shape index (κ1) is 33.6. The molecule has 0 saturated carbocycles. The van der Waals surface area contributed by atoms with Crippen LogP contribution in [-0.2, 0) is 32.6 Å². The number of hydrogen-bond donors (Lipinski definition) is 1. The maximum absolute atomic E-state index is 14.4. The highest BCUT2D eigenvalue weighted by atomic mass is 35.5. The molecule has 4 aromatic rings. The quantitative estimate of drug-likeness (QED) is 0.168. The van der Waals surface area contributed by atoms with E-state index in [1.807, 2.05) is 50.2 Å². The highest BCUT2D eigenvalue weighted by Gasteiger charge is 2.34. The summed E-state index contributed by atoms with van der Waals surface area (Å²) in [4.78, 5) is 29.6. The minimum Gasteiger partial charge on any atom is -0.494 e. The molecule has 236 valence electrons. The van der Waals surface area contributed by atoms with Crippen LogP contribution in [0.5, 0.6) is 5.75 Å². The highest BCUT2D eigenvalue weighted by molar-refractivity contribution is 7.92. The van der Waals surface area contributed by atoms with Crippen molar-refractivity contribution >= 4 is 39.1 Å². The van der Waals surface area contributed by atoms with Crippen molar-refractivity contribution < 1.29 is 22.7 Å². The van der Waals surface area contributed by atoms with E-state index < -0.39 is 28.5 Å². The van der Waals surface area contributed by atoms with Crippen molar-refractivity contribution in [2.75, 3.05) is 24.0 Å². The number of nitrogens with zero attached hydrogens (tertiary/aromatic N) is 2. The fourth-order valence-corrected chi connectivity index (χ4v) is 6.50. The minimum absolute atomic E-state index is 0.00511. The van der Waals surface area contributed by atoms with Crippen LogP contribution in [0.15, 0.2) is 114 Å². The summed E-state index contributed by atoms with van der Waals surface area (Å²) < 4.78 is 34.8. The molecule has 10 heteroatoms. The largest absolute Gasteiger partial charge is 0.494 e. The molecule has 1 atom stereocenters. The van der Waals surface area contributed by atoms with Crippen molar-refractivity contribution in [2.45, 2.75) is 44.2 Å². The van der Waals surface area contributed by atoms with Crippen LogP contribution in [0.4, 0.5) is 5.69 Å². The molecule has 0 aliphatic carbocycles. The number of benzene rings is 4. The monoisotopic (exact) mass is 647 g/mol. The van der Waals surface area contributed by atoms with Crippen LogP contribution in [0.3, 0.4) is 0 Å². The van der Waals surface area contributed by atoms with E-state index in [4.69, 9.17) is 16.3 Å². The Morgan fingerprint density at radius 3 is 2.11 bits per heavy atom. The molecule has 0 heterocycles. The summed E-state index contributed by atoms with van der Waals surface area (Å²) in [5, 5.41) is 3.42. The molecule has 0 aliphatic heterocycles. The molecule has 0 fully saturated rings. The average Bonchev–Trinajstić information content (AvgIpc) is 3.05. The van der Waals surface area contributed by atoms with Crippen LogP contribution in [-0.4, -0.2) is 50.9 Å². The van der Waals surface area contributed by atoms with Gasteiger partial charge in [-0.25, -0.2) is 8.42 Å². The number of sulfonamides is 1. The van der Waals surface area contributed by atoms with Crippen LogP contribution in [0.2, 0.25) is 5.02 Å². The van der Waals surface area contributed by atoms with E-state index in [2.05, 4.69) is 5.32 Å². The van der Waals surface area contributed by atoms with E-state index in [9.17, 15) is 18.0 Å². The molecular weight excluding hydrogens is 610 g/mol. The third-order valence-corrected chi connectivity index (χ3v) is 9.13. The lowest BCUT2D eigenvalue weighted by Crippen LogP contribution is -2.53. The number of ether oxygens (including phenoxy) is 1. The van der Waals surface area contributed by atoms with Crippen molar-refractivity contribution in [2.24, 2.45) is 0 Å². The molecule has 0 aliphatic rings. The van der Waals surface area contributed by atoms with Crippen LogP contribution >= 0.6 is 11.6 Å². The Kier molecular flexibility index (Phi) is 12.0. The van der Waals surface area contributed by atoms with E-state index in [0.717, 1.165) is 9.87 Å². The van der Waals surface area contributed by atoms with Gasteiger partial charge in [-0.3, -0.25) is 13.9 Å². The van der Waals surface area contributed by atoms with Gasteiger partial charge in [-0.2, -0.15) is 0 Å². The van der Waals surface area contributed by atoms with Gasteiger partial charge in [0, 0.05) is 24.5 Å². The fraction of sp³-hybridized carbons (Fsp3) is 0.257. The number of para-hydroxylation sites is 1. The maximum Gasteiger partial charge on any atom is 0.264 e. The van der Waals surface area contributed by atoms with Gasteiger partial charge in [0.25, 0.3) is 10.0 Å². The number of carbonyl (C=O) groups is 2. The third kappa shape index (κ3) is 9.09. The van der Waals surface area contributed by atoms with Crippen molar-refractivity contribution in [3.63, 3.8) is 0 Å². The molecule has 8 nitrogen and oxygen atoms in total. The molecule has 0 bridgehead atoms. The SMILES string of the molecule is CCCNC(=O)C(Cc1ccccc1)N(Cc1cccc(Cl)c1)C(=O)CN(c1ccccc1)S(=O)(=O)c1ccc(OCC)cc1. The van der Waals surface area contributed by atoms with Crippen molar-refractivity contribution in [1.82, 2.24) is 10.2 Å². The van der Waals surface area contributed by atoms with Crippen molar-refractivity contribution in [3.8, 4) is 5.75 Å². The van der Waals surface area contributed by atoms with Gasteiger partial charge in [0.2, 0.25) is 11.8 Å². The van der Waals surface area contributed by atoms with E-state index in [1.54, 1.807) is 60.7 Å². The van der Waals surface area contributed by atoms with E-state index >= 15 is 0 Å². The lowest BCUT2D eigenvalue weighted by molar-refractivity contribution is -0.140. The molecule has 0 saturated heterocycles. The van der Waals surface area contributed by atoms with E-state index in [1.165, 1.54) is 17.0 Å². The first-order valence-corrected chi connectivity index (χ1v) is 16.7. The second-order valence-electron chi connectivity index (χ2n) is 10.4. The Hall–Kier alpha value is -4.34. The number of rotatable bonds is 15. The second kappa shape index (κ2) is 16.1. The standard InChI is InChI=1S/C35H38ClN3O5S/c1-3-22-37-35(41)33(24-27-12-7-5-8-13-27)38(25-28-14-11-15-29(36)23-28)34(40)26-39(30-16-9-6-10-17-30)45(42,43)32-20-18-31(19-21-32)44-4-2/h5-21,23,33H,3-4,22,24-26H2,1-2H3,(H,37,41). The molecule has 45 heavy (non-hydrogen) atoms. The number of hydrogen-bond acceptors (Lipinski definition) is 5. The molecular formula is C35H38ClN3O5S. The third-order valence-electron chi connectivity index (χ3n) is 7.11. The number of carbonyl (C=O) groups excluding carboxylic acids is 2. The molecule has 0 aromatic heterocycles. The normalized spacial score (nSPS) is 11.8. The first-order chi connectivity index (χ1) is 21.7. The molecule has 2 amide bonds. The number of amides is 2. The highest BCUT2D eigenvalue weighted by Crippen LogP contribution is 2.26. The Bertz CT molecular complexity index is 1650. The minimum atomic E-state index is -4.20. The van der Waals surface area contributed by atoms with Gasteiger partial charge in [-0.15, -0.1) is 0 Å². The van der Waals surface area contributed by atoms with Gasteiger partial charge in [0.05, 0.1) is 17.2 Å². The van der Waals surface area contributed by atoms with Crippen LogP contribution in [0.25, 0.3) is 0 Å². The molecule has 1 unspecified atom stereocenters. The van der Waals surface area contributed by atoms with E-state index in [0.29, 0.717) is 41.6 Å². The predicted octanol–water partition coefficient (Wildman–Crippen LogP) is 6.10. The van der Waals surface area contributed by atoms with Gasteiger partial charge in [0.15, 0.2) is 0 Å². The molecule has 0 radical (unpaired) electrons. The summed E-state index contributed by atoms with van der Waals surface area (Å²) in [6, 6.07) is 30.1. The fourth-order valence-electron chi connectivity index (χ4n) is 4.88. The second-order valence-corrected chi connectivity index (χ2v) is 12.7. The zero-order valence-corrected chi connectivity index (χ0v) is 27.0. The Morgan fingerprint density at radius 2 is 1.49 bits per heavy atom. The summed E-state index contributed by atoms with van der Waals surface area (Å²) in [5.41, 5.74) is 1.88. The Labute approximate surface area is 270 Å². The number of nitrogens with one attached hydrogen (secondary N) is 1. The summed E-state index contributed by atoms with van der Waals surface area (Å²) in [5.74, 6) is -0.328. The predicted molar refractivity (Wildman–Crippen MR) is 178 cm³/mol. The average molecular weight is 648 g/mol. The summed E-state index contributed by atoms with van der Waals surface area (Å²) in [6.07, 6.45) is 0.952. The lowest BCUT2D eigenvalue weighted by Gasteiger charge is -2.34. The Balaban J connectivity index is 1.77. The smallest absolute Gasteiger partial charge is 0.264 e. The number of halogens is 1. The summed E-state index contributed by atoms with van der Waals surface area (Å²) in [7, 11) is -4.20. The molecule has 4 rings (SSSR count). The van der Waals surface area contributed by atoms with E-state index in [-0.39, 0.29) is 23.8 Å². The van der Waals surface area contributed by atoms with Gasteiger partial charge in [-0.05, 0) is 73.0 Å². The maximum atomic E-state index is 14.4. The summed E-state index contributed by atoms with van der Waals surface area (Å²) >= 11 is 6.29. The molecule has 1 N–H and O–H groups in total. The summed E-state index contributed by atoms with van der Waals surface area (Å²) in [6.45, 7) is 4.18. The molecule has 0 spiro atoms. The van der Waals surface area contributed by atoms with Crippen LogP contribution < -0.4 is 14.4 Å². The van der Waals surface area contributed by atoms with Crippen molar-refractivity contribution in [1.29, 1.82) is 0 Å². The molecule has 4 aromatic carbocycles. The zero-order valence-electron chi connectivity index (χ0n) is 25.4. The van der Waals surface area contributed by atoms with Crippen LogP contribution in [0, 0.1) is 0 Å². The first-order valence-electron chi connectivity index (χ1n) is 14.9. The number of anilines is 1.